The molecule has 0 saturated heterocycles. The lowest BCUT2D eigenvalue weighted by Gasteiger charge is -2.25. The van der Waals surface area contributed by atoms with Crippen LogP contribution in [0, 0.1) is 0 Å². The predicted molar refractivity (Wildman–Crippen MR) is 122 cm³/mol. The molecule has 9 heteroatoms. The molecule has 3 heterocycles. The van der Waals surface area contributed by atoms with E-state index in [4.69, 9.17) is 14.2 Å². The molecule has 4 aromatic rings. The van der Waals surface area contributed by atoms with Crippen molar-refractivity contribution in [3.8, 4) is 11.6 Å². The molecule has 1 atom stereocenters. The molecule has 1 aliphatic heterocycles. The number of nitrogens with zero attached hydrogens (tertiary/aromatic N) is 3. The number of aromatic nitrogens is 3. The van der Waals surface area contributed by atoms with Gasteiger partial charge in [-0.1, -0.05) is 18.2 Å². The topological polar surface area (TPSA) is 104 Å². The van der Waals surface area contributed by atoms with Crippen molar-refractivity contribution in [3.05, 3.63) is 83.1 Å². The number of aliphatic hydroxyl groups is 1. The van der Waals surface area contributed by atoms with Crippen molar-refractivity contribution in [2.45, 2.75) is 12.2 Å². The maximum Gasteiger partial charge on any atom is 0.341 e. The molecular weight excluding hydrogens is 442 g/mol. The summed E-state index contributed by atoms with van der Waals surface area (Å²) >= 11 is 1.08. The predicted octanol–water partition coefficient (Wildman–Crippen LogP) is 3.50. The highest BCUT2D eigenvalue weighted by molar-refractivity contribution is 7.00. The zero-order valence-corrected chi connectivity index (χ0v) is 18.6. The first kappa shape index (κ1) is 21.0. The van der Waals surface area contributed by atoms with Gasteiger partial charge in [-0.25, -0.2) is 9.78 Å². The van der Waals surface area contributed by atoms with E-state index in [0.717, 1.165) is 17.3 Å². The van der Waals surface area contributed by atoms with E-state index in [1.807, 2.05) is 6.07 Å². The molecule has 1 unspecified atom stereocenters. The zero-order valence-electron chi connectivity index (χ0n) is 17.8. The summed E-state index contributed by atoms with van der Waals surface area (Å²) in [5.41, 5.74) is 3.83. The van der Waals surface area contributed by atoms with E-state index in [1.165, 1.54) is 7.11 Å². The summed E-state index contributed by atoms with van der Waals surface area (Å²) in [5, 5.41) is 11.8. The van der Waals surface area contributed by atoms with Gasteiger partial charge < -0.3 is 19.3 Å². The molecule has 0 saturated carbocycles. The Morgan fingerprint density at radius 2 is 1.79 bits per heavy atom. The summed E-state index contributed by atoms with van der Waals surface area (Å²) in [7, 11) is 3.11. The molecule has 0 bridgehead atoms. The van der Waals surface area contributed by atoms with E-state index in [9.17, 15) is 9.90 Å². The molecule has 2 aromatic heterocycles. The van der Waals surface area contributed by atoms with Crippen molar-refractivity contribution in [3.63, 3.8) is 0 Å². The Labute approximate surface area is 193 Å². The number of carbonyl (C=O) groups is 1. The SMILES string of the molecule is COc1ccc(C2=C(Cc3ccc(OC)nc3)C(O)(c3ccc4nsnc4c3)OC2=O)cc1. The Morgan fingerprint density at radius 3 is 2.48 bits per heavy atom. The molecule has 8 nitrogen and oxygen atoms in total. The van der Waals surface area contributed by atoms with Crippen LogP contribution in [-0.4, -0.2) is 39.0 Å². The minimum Gasteiger partial charge on any atom is -0.497 e. The number of cyclic esters (lactones) is 1. The van der Waals surface area contributed by atoms with Crippen molar-refractivity contribution >= 4 is 34.3 Å². The summed E-state index contributed by atoms with van der Waals surface area (Å²) < 4.78 is 24.5. The Kier molecular flexibility index (Phi) is 5.27. The largest absolute Gasteiger partial charge is 0.497 e. The van der Waals surface area contributed by atoms with Gasteiger partial charge in [-0.3, -0.25) is 0 Å². The van der Waals surface area contributed by atoms with Gasteiger partial charge in [-0.05, 0) is 41.5 Å². The Morgan fingerprint density at radius 1 is 1.00 bits per heavy atom. The van der Waals surface area contributed by atoms with E-state index in [1.54, 1.807) is 61.8 Å². The smallest absolute Gasteiger partial charge is 0.341 e. The number of hydrogen-bond donors (Lipinski definition) is 1. The number of rotatable bonds is 6. The van der Waals surface area contributed by atoms with Crippen LogP contribution in [0.4, 0.5) is 0 Å². The summed E-state index contributed by atoms with van der Waals surface area (Å²) in [5.74, 6) is -1.46. The monoisotopic (exact) mass is 461 g/mol. The van der Waals surface area contributed by atoms with Gasteiger partial charge in [0.05, 0.1) is 31.5 Å². The normalized spacial score (nSPS) is 18.0. The lowest BCUT2D eigenvalue weighted by Crippen LogP contribution is -2.29. The fourth-order valence-corrected chi connectivity index (χ4v) is 4.38. The summed E-state index contributed by atoms with van der Waals surface area (Å²) in [6.07, 6.45) is 1.88. The van der Waals surface area contributed by atoms with Crippen LogP contribution in [0.5, 0.6) is 11.6 Å². The van der Waals surface area contributed by atoms with Gasteiger partial charge in [0.1, 0.15) is 16.8 Å². The second kappa shape index (κ2) is 8.27. The standard InChI is InChI=1S/C24H19N3O5S/c1-30-17-7-4-15(5-8-17)22-18(11-14-3-10-21(31-2)25-13-14)24(29,32-23(22)28)16-6-9-19-20(12-16)27-33-26-19/h3-10,12-13,29H,11H2,1-2H3. The molecule has 0 amide bonds. The molecule has 2 aromatic carbocycles. The zero-order chi connectivity index (χ0) is 23.0. The average molecular weight is 461 g/mol. The van der Waals surface area contributed by atoms with E-state index in [0.29, 0.717) is 44.9 Å². The maximum atomic E-state index is 13.1. The van der Waals surface area contributed by atoms with Crippen molar-refractivity contribution in [2.24, 2.45) is 0 Å². The summed E-state index contributed by atoms with van der Waals surface area (Å²) in [6.45, 7) is 0. The average Bonchev–Trinajstić information content (AvgIpc) is 3.41. The molecule has 1 aliphatic rings. The lowest BCUT2D eigenvalue weighted by molar-refractivity contribution is -0.185. The van der Waals surface area contributed by atoms with Crippen LogP contribution in [-0.2, 0) is 21.7 Å². The third kappa shape index (κ3) is 3.71. The van der Waals surface area contributed by atoms with E-state index in [-0.39, 0.29) is 6.42 Å². The number of hydrogen-bond acceptors (Lipinski definition) is 9. The number of carbonyl (C=O) groups excluding carboxylic acids is 1. The fourth-order valence-electron chi connectivity index (χ4n) is 3.86. The first-order valence-electron chi connectivity index (χ1n) is 10.1. The van der Waals surface area contributed by atoms with Crippen LogP contribution in [0.15, 0.2) is 66.4 Å². The highest BCUT2D eigenvalue weighted by Crippen LogP contribution is 2.45. The van der Waals surface area contributed by atoms with Crippen molar-refractivity contribution in [2.75, 3.05) is 14.2 Å². The van der Waals surface area contributed by atoms with Gasteiger partial charge >= 0.3 is 5.97 Å². The molecule has 33 heavy (non-hydrogen) atoms. The molecule has 0 spiro atoms. The van der Waals surface area contributed by atoms with E-state index >= 15 is 0 Å². The van der Waals surface area contributed by atoms with Crippen LogP contribution in [0.3, 0.4) is 0 Å². The van der Waals surface area contributed by atoms with Gasteiger partial charge in [-0.2, -0.15) is 8.75 Å². The molecule has 166 valence electrons. The second-order valence-corrected chi connectivity index (χ2v) is 8.00. The number of ether oxygens (including phenoxy) is 3. The number of esters is 1. The minimum atomic E-state index is -1.97. The van der Waals surface area contributed by atoms with Crippen LogP contribution in [0.2, 0.25) is 0 Å². The molecular formula is C24H19N3O5S. The molecule has 0 aliphatic carbocycles. The summed E-state index contributed by atoms with van der Waals surface area (Å²) in [6, 6.07) is 15.7. The van der Waals surface area contributed by atoms with Crippen LogP contribution >= 0.6 is 11.7 Å². The second-order valence-electron chi connectivity index (χ2n) is 7.47. The van der Waals surface area contributed by atoms with Crippen LogP contribution in [0.1, 0.15) is 16.7 Å². The number of methoxy groups -OCH3 is 2. The highest BCUT2D eigenvalue weighted by Gasteiger charge is 2.48. The molecule has 0 radical (unpaired) electrons. The third-order valence-corrected chi connectivity index (χ3v) is 6.12. The molecule has 1 N–H and O–H groups in total. The van der Waals surface area contributed by atoms with Crippen molar-refractivity contribution < 1.29 is 24.1 Å². The quantitative estimate of drug-likeness (QED) is 0.435. The molecule has 0 fully saturated rings. The fraction of sp³-hybridized carbons (Fsp3) is 0.167. The van der Waals surface area contributed by atoms with Gasteiger partial charge in [0.2, 0.25) is 5.88 Å². The number of benzene rings is 2. The third-order valence-electron chi connectivity index (χ3n) is 5.57. The summed E-state index contributed by atoms with van der Waals surface area (Å²) in [4.78, 5) is 17.3. The van der Waals surface area contributed by atoms with Gasteiger partial charge in [0, 0.05) is 29.8 Å². The van der Waals surface area contributed by atoms with Crippen molar-refractivity contribution in [1.29, 1.82) is 0 Å². The van der Waals surface area contributed by atoms with Crippen LogP contribution < -0.4 is 9.47 Å². The van der Waals surface area contributed by atoms with Crippen molar-refractivity contribution in [1.82, 2.24) is 13.7 Å². The number of pyridine rings is 1. The molecule has 5 rings (SSSR count). The first-order valence-corrected chi connectivity index (χ1v) is 10.8. The van der Waals surface area contributed by atoms with Crippen LogP contribution in [0.25, 0.3) is 16.6 Å². The van der Waals surface area contributed by atoms with Gasteiger partial charge in [-0.15, -0.1) is 0 Å². The Hall–Kier alpha value is -3.82. The van der Waals surface area contributed by atoms with Gasteiger partial charge in [0.15, 0.2) is 0 Å². The van der Waals surface area contributed by atoms with E-state index < -0.39 is 11.8 Å². The van der Waals surface area contributed by atoms with E-state index in [2.05, 4.69) is 13.7 Å². The lowest BCUT2D eigenvalue weighted by atomic mass is 9.88. The number of fused-ring (bicyclic) bond motifs is 1. The minimum absolute atomic E-state index is 0.230. The maximum absolute atomic E-state index is 13.1. The Balaban J connectivity index is 1.66. The highest BCUT2D eigenvalue weighted by atomic mass is 32.1. The van der Waals surface area contributed by atoms with Gasteiger partial charge in [0.25, 0.3) is 5.79 Å². The first-order chi connectivity index (χ1) is 16.0. The Bertz CT molecular complexity index is 1370.